The topological polar surface area (TPSA) is 64.4 Å². The van der Waals surface area contributed by atoms with Crippen molar-refractivity contribution >= 4 is 17.0 Å². The maximum Gasteiger partial charge on any atom is 0.335 e. The SMILES string of the molecule is Cn1c(C2CCOCC2)nc2ccc(C(=O)O)cc21. The number of aromatic nitrogens is 2. The first-order valence-corrected chi connectivity index (χ1v) is 6.44. The highest BCUT2D eigenvalue weighted by molar-refractivity contribution is 5.92. The summed E-state index contributed by atoms with van der Waals surface area (Å²) in [6.45, 7) is 1.54. The zero-order valence-electron chi connectivity index (χ0n) is 10.8. The molecule has 2 heterocycles. The molecule has 1 aliphatic rings. The van der Waals surface area contributed by atoms with E-state index in [9.17, 15) is 4.79 Å². The molecule has 0 unspecified atom stereocenters. The summed E-state index contributed by atoms with van der Waals surface area (Å²) >= 11 is 0. The van der Waals surface area contributed by atoms with Gasteiger partial charge in [0.25, 0.3) is 0 Å². The van der Waals surface area contributed by atoms with E-state index in [-0.39, 0.29) is 0 Å². The highest BCUT2D eigenvalue weighted by Crippen LogP contribution is 2.28. The van der Waals surface area contributed by atoms with Gasteiger partial charge in [0.1, 0.15) is 5.82 Å². The number of aryl methyl sites for hydroxylation is 1. The van der Waals surface area contributed by atoms with Crippen molar-refractivity contribution in [2.24, 2.45) is 7.05 Å². The molecule has 0 amide bonds. The Labute approximate surface area is 110 Å². The van der Waals surface area contributed by atoms with Gasteiger partial charge in [-0.3, -0.25) is 0 Å². The highest BCUT2D eigenvalue weighted by atomic mass is 16.5. The third-order valence-corrected chi connectivity index (χ3v) is 3.75. The third-order valence-electron chi connectivity index (χ3n) is 3.75. The molecule has 0 aliphatic carbocycles. The lowest BCUT2D eigenvalue weighted by molar-refractivity contribution is 0.0697. The summed E-state index contributed by atoms with van der Waals surface area (Å²) in [5.41, 5.74) is 2.03. The summed E-state index contributed by atoms with van der Waals surface area (Å²) in [6, 6.07) is 5.07. The molecular formula is C14H16N2O3. The maximum atomic E-state index is 11.0. The summed E-state index contributed by atoms with van der Waals surface area (Å²) in [6.07, 6.45) is 1.95. The van der Waals surface area contributed by atoms with Gasteiger partial charge < -0.3 is 14.4 Å². The molecule has 0 spiro atoms. The van der Waals surface area contributed by atoms with Gasteiger partial charge in [-0.25, -0.2) is 9.78 Å². The molecule has 0 atom stereocenters. The molecule has 0 saturated carbocycles. The molecule has 19 heavy (non-hydrogen) atoms. The maximum absolute atomic E-state index is 11.0. The average molecular weight is 260 g/mol. The quantitative estimate of drug-likeness (QED) is 0.898. The molecule has 3 rings (SSSR count). The van der Waals surface area contributed by atoms with Gasteiger partial charge in [-0.1, -0.05) is 0 Å². The Morgan fingerprint density at radius 2 is 2.16 bits per heavy atom. The predicted octanol–water partition coefficient (Wildman–Crippen LogP) is 2.17. The van der Waals surface area contributed by atoms with Gasteiger partial charge in [0.05, 0.1) is 16.6 Å². The summed E-state index contributed by atoms with van der Waals surface area (Å²) in [4.78, 5) is 15.7. The van der Waals surface area contributed by atoms with E-state index >= 15 is 0 Å². The minimum Gasteiger partial charge on any atom is -0.478 e. The fourth-order valence-corrected chi connectivity index (χ4v) is 2.66. The van der Waals surface area contributed by atoms with Crippen LogP contribution >= 0.6 is 0 Å². The second-order valence-corrected chi connectivity index (χ2v) is 4.92. The Bertz CT molecular complexity index is 627. The Balaban J connectivity index is 2.06. The van der Waals surface area contributed by atoms with E-state index in [4.69, 9.17) is 9.84 Å². The Kier molecular flexibility index (Phi) is 2.98. The lowest BCUT2D eigenvalue weighted by Crippen LogP contribution is -2.17. The third kappa shape index (κ3) is 2.10. The molecule has 5 nitrogen and oxygen atoms in total. The van der Waals surface area contributed by atoms with Gasteiger partial charge >= 0.3 is 5.97 Å². The first kappa shape index (κ1) is 12.2. The van der Waals surface area contributed by atoms with Crippen molar-refractivity contribution < 1.29 is 14.6 Å². The Morgan fingerprint density at radius 3 is 2.84 bits per heavy atom. The van der Waals surface area contributed by atoms with Crippen molar-refractivity contribution in [3.05, 3.63) is 29.6 Å². The second-order valence-electron chi connectivity index (χ2n) is 4.92. The number of carbonyl (C=O) groups is 1. The fraction of sp³-hybridized carbons (Fsp3) is 0.429. The Hall–Kier alpha value is -1.88. The number of carboxylic acid groups (broad SMARTS) is 1. The summed E-state index contributed by atoms with van der Waals surface area (Å²) in [5, 5.41) is 9.04. The van der Waals surface area contributed by atoms with Crippen molar-refractivity contribution in [3.63, 3.8) is 0 Å². The molecule has 100 valence electrons. The van der Waals surface area contributed by atoms with Crippen molar-refractivity contribution in [2.75, 3.05) is 13.2 Å². The van der Waals surface area contributed by atoms with E-state index in [0.717, 1.165) is 42.9 Å². The van der Waals surface area contributed by atoms with Crippen LogP contribution in [0.25, 0.3) is 11.0 Å². The number of nitrogens with zero attached hydrogens (tertiary/aromatic N) is 2. The number of imidazole rings is 1. The smallest absolute Gasteiger partial charge is 0.335 e. The van der Waals surface area contributed by atoms with Crippen LogP contribution in [0.5, 0.6) is 0 Å². The first-order valence-electron chi connectivity index (χ1n) is 6.44. The minimum atomic E-state index is -0.907. The van der Waals surface area contributed by atoms with E-state index in [2.05, 4.69) is 4.98 Å². The molecule has 1 saturated heterocycles. The van der Waals surface area contributed by atoms with Crippen LogP contribution in [-0.4, -0.2) is 33.8 Å². The van der Waals surface area contributed by atoms with Crippen LogP contribution in [0.4, 0.5) is 0 Å². The van der Waals surface area contributed by atoms with Gasteiger partial charge in [-0.15, -0.1) is 0 Å². The molecular weight excluding hydrogens is 244 g/mol. The van der Waals surface area contributed by atoms with E-state index in [0.29, 0.717) is 11.5 Å². The van der Waals surface area contributed by atoms with Crippen LogP contribution in [0.1, 0.15) is 34.9 Å². The number of rotatable bonds is 2. The van der Waals surface area contributed by atoms with Crippen LogP contribution < -0.4 is 0 Å². The van der Waals surface area contributed by atoms with Gasteiger partial charge in [-0.2, -0.15) is 0 Å². The number of carboxylic acids is 1. The zero-order chi connectivity index (χ0) is 13.4. The molecule has 1 aliphatic heterocycles. The van der Waals surface area contributed by atoms with E-state index in [1.807, 2.05) is 11.6 Å². The standard InChI is InChI=1S/C14H16N2O3/c1-16-12-8-10(14(17)18)2-3-11(12)15-13(16)9-4-6-19-7-5-9/h2-3,8-9H,4-7H2,1H3,(H,17,18). The largest absolute Gasteiger partial charge is 0.478 e. The van der Waals surface area contributed by atoms with Crippen molar-refractivity contribution in [1.29, 1.82) is 0 Å². The molecule has 0 bridgehead atoms. The van der Waals surface area contributed by atoms with Crippen molar-refractivity contribution in [1.82, 2.24) is 9.55 Å². The lowest BCUT2D eigenvalue weighted by atomic mass is 9.99. The van der Waals surface area contributed by atoms with Gasteiger partial charge in [0.2, 0.25) is 0 Å². The zero-order valence-corrected chi connectivity index (χ0v) is 10.8. The average Bonchev–Trinajstić information content (AvgIpc) is 2.77. The molecule has 5 heteroatoms. The summed E-state index contributed by atoms with van der Waals surface area (Å²) in [5.74, 6) is 0.524. The summed E-state index contributed by atoms with van der Waals surface area (Å²) in [7, 11) is 1.95. The van der Waals surface area contributed by atoms with Crippen LogP contribution in [0.15, 0.2) is 18.2 Å². The molecule has 1 N–H and O–H groups in total. The van der Waals surface area contributed by atoms with Gasteiger partial charge in [0.15, 0.2) is 0 Å². The van der Waals surface area contributed by atoms with Crippen molar-refractivity contribution in [3.8, 4) is 0 Å². The molecule has 1 aromatic heterocycles. The minimum absolute atomic E-state index is 0.300. The lowest BCUT2D eigenvalue weighted by Gasteiger charge is -2.21. The van der Waals surface area contributed by atoms with Crippen LogP contribution in [0.3, 0.4) is 0 Å². The van der Waals surface area contributed by atoms with E-state index < -0.39 is 5.97 Å². The second kappa shape index (κ2) is 4.66. The number of hydrogen-bond donors (Lipinski definition) is 1. The van der Waals surface area contributed by atoms with Crippen molar-refractivity contribution in [2.45, 2.75) is 18.8 Å². The van der Waals surface area contributed by atoms with Gasteiger partial charge in [-0.05, 0) is 31.0 Å². The van der Waals surface area contributed by atoms with Crippen LogP contribution in [0.2, 0.25) is 0 Å². The number of benzene rings is 1. The Morgan fingerprint density at radius 1 is 1.42 bits per heavy atom. The molecule has 0 radical (unpaired) electrons. The summed E-state index contributed by atoms with van der Waals surface area (Å²) < 4.78 is 7.38. The number of hydrogen-bond acceptors (Lipinski definition) is 3. The van der Waals surface area contributed by atoms with Crippen LogP contribution in [-0.2, 0) is 11.8 Å². The predicted molar refractivity (Wildman–Crippen MR) is 70.5 cm³/mol. The molecule has 2 aromatic rings. The fourth-order valence-electron chi connectivity index (χ4n) is 2.66. The van der Waals surface area contributed by atoms with E-state index in [1.54, 1.807) is 18.2 Å². The van der Waals surface area contributed by atoms with Crippen LogP contribution in [0, 0.1) is 0 Å². The number of fused-ring (bicyclic) bond motifs is 1. The normalized spacial score (nSPS) is 16.9. The monoisotopic (exact) mass is 260 g/mol. The molecule has 1 aromatic carbocycles. The first-order chi connectivity index (χ1) is 9.16. The number of ether oxygens (including phenoxy) is 1. The van der Waals surface area contributed by atoms with E-state index in [1.165, 1.54) is 0 Å². The number of aromatic carboxylic acids is 1. The molecule has 1 fully saturated rings. The highest BCUT2D eigenvalue weighted by Gasteiger charge is 2.21. The van der Waals surface area contributed by atoms with Gasteiger partial charge in [0, 0.05) is 26.2 Å².